The van der Waals surface area contributed by atoms with Crippen LogP contribution in [0.1, 0.15) is 19.3 Å². The van der Waals surface area contributed by atoms with E-state index in [1.54, 1.807) is 6.07 Å². The van der Waals surface area contributed by atoms with E-state index in [1.165, 1.54) is 6.07 Å². The quantitative estimate of drug-likeness (QED) is 0.908. The van der Waals surface area contributed by atoms with Crippen LogP contribution in [0, 0.1) is 0 Å². The van der Waals surface area contributed by atoms with Crippen molar-refractivity contribution in [3.05, 3.63) is 16.6 Å². The van der Waals surface area contributed by atoms with Crippen LogP contribution in [0.25, 0.3) is 0 Å². The molecule has 0 atom stereocenters. The van der Waals surface area contributed by atoms with Crippen molar-refractivity contribution in [3.8, 4) is 11.5 Å². The third kappa shape index (κ3) is 2.59. The molecule has 1 fully saturated rings. The normalized spacial score (nSPS) is 19.0. The van der Waals surface area contributed by atoms with Gasteiger partial charge in [-0.1, -0.05) is 6.42 Å². The van der Waals surface area contributed by atoms with E-state index in [9.17, 15) is 8.42 Å². The van der Waals surface area contributed by atoms with Gasteiger partial charge < -0.3 is 9.47 Å². The standard InChI is InChI=1S/C12H14BrNO4S/c13-9-6-10-11(18-5-4-17-10)7-12(9)19(15,16)14-8-2-1-3-8/h6-8,14H,1-5H2. The van der Waals surface area contributed by atoms with Crippen molar-refractivity contribution in [2.45, 2.75) is 30.2 Å². The van der Waals surface area contributed by atoms with Crippen LogP contribution >= 0.6 is 15.9 Å². The molecule has 1 aromatic rings. The van der Waals surface area contributed by atoms with Crippen molar-refractivity contribution in [2.75, 3.05) is 13.2 Å². The summed E-state index contributed by atoms with van der Waals surface area (Å²) in [5.41, 5.74) is 0. The van der Waals surface area contributed by atoms with E-state index in [4.69, 9.17) is 9.47 Å². The Bertz CT molecular complexity index is 598. The van der Waals surface area contributed by atoms with Gasteiger partial charge in [0.15, 0.2) is 11.5 Å². The molecule has 5 nitrogen and oxygen atoms in total. The third-order valence-corrected chi connectivity index (χ3v) is 5.79. The van der Waals surface area contributed by atoms with Crippen molar-refractivity contribution in [1.29, 1.82) is 0 Å². The number of nitrogens with one attached hydrogen (secondary N) is 1. The summed E-state index contributed by atoms with van der Waals surface area (Å²) in [5.74, 6) is 1.05. The van der Waals surface area contributed by atoms with Gasteiger partial charge in [-0.15, -0.1) is 0 Å². The van der Waals surface area contributed by atoms with Crippen LogP contribution in [0.5, 0.6) is 11.5 Å². The van der Waals surface area contributed by atoms with E-state index in [0.717, 1.165) is 19.3 Å². The molecule has 104 valence electrons. The topological polar surface area (TPSA) is 64.6 Å². The molecular weight excluding hydrogens is 334 g/mol. The predicted octanol–water partition coefficient (Wildman–Crippen LogP) is 2.05. The smallest absolute Gasteiger partial charge is 0.242 e. The molecular formula is C12H14BrNO4S. The van der Waals surface area contributed by atoms with Gasteiger partial charge in [-0.2, -0.15) is 0 Å². The maximum absolute atomic E-state index is 12.3. The van der Waals surface area contributed by atoms with Gasteiger partial charge in [0, 0.05) is 16.6 Å². The third-order valence-electron chi connectivity index (χ3n) is 3.31. The Hall–Kier alpha value is -0.790. The Balaban J connectivity index is 1.94. The number of hydrogen-bond donors (Lipinski definition) is 1. The lowest BCUT2D eigenvalue weighted by Gasteiger charge is -2.26. The van der Waals surface area contributed by atoms with Gasteiger partial charge in [-0.25, -0.2) is 13.1 Å². The molecule has 1 heterocycles. The summed E-state index contributed by atoms with van der Waals surface area (Å²) in [6, 6.07) is 3.22. The van der Waals surface area contributed by atoms with Gasteiger partial charge in [0.25, 0.3) is 0 Å². The lowest BCUT2D eigenvalue weighted by atomic mass is 9.94. The molecule has 0 unspecified atom stereocenters. The minimum absolute atomic E-state index is 0.0603. The summed E-state index contributed by atoms with van der Waals surface area (Å²) >= 11 is 3.29. The van der Waals surface area contributed by atoms with Crippen LogP contribution in [0.15, 0.2) is 21.5 Å². The number of halogens is 1. The van der Waals surface area contributed by atoms with E-state index in [0.29, 0.717) is 29.2 Å². The molecule has 2 aliphatic rings. The van der Waals surface area contributed by atoms with Crippen LogP contribution in [-0.2, 0) is 10.0 Å². The highest BCUT2D eigenvalue weighted by molar-refractivity contribution is 9.10. The van der Waals surface area contributed by atoms with Crippen molar-refractivity contribution in [1.82, 2.24) is 4.72 Å². The summed E-state index contributed by atoms with van der Waals surface area (Å²) in [4.78, 5) is 0.198. The highest BCUT2D eigenvalue weighted by Crippen LogP contribution is 2.37. The van der Waals surface area contributed by atoms with Gasteiger partial charge in [0.2, 0.25) is 10.0 Å². The number of ether oxygens (including phenoxy) is 2. The van der Waals surface area contributed by atoms with E-state index >= 15 is 0 Å². The number of fused-ring (bicyclic) bond motifs is 1. The first-order valence-corrected chi connectivity index (χ1v) is 8.45. The van der Waals surface area contributed by atoms with Crippen LogP contribution in [-0.4, -0.2) is 27.7 Å². The molecule has 1 aliphatic heterocycles. The van der Waals surface area contributed by atoms with Crippen LogP contribution in [0.4, 0.5) is 0 Å². The SMILES string of the molecule is O=S(=O)(NC1CCC1)c1cc2c(cc1Br)OCCO2. The molecule has 19 heavy (non-hydrogen) atoms. The minimum atomic E-state index is -3.52. The summed E-state index contributed by atoms with van der Waals surface area (Å²) in [5, 5.41) is 0. The molecule has 7 heteroatoms. The highest BCUT2D eigenvalue weighted by atomic mass is 79.9. The van der Waals surface area contributed by atoms with E-state index < -0.39 is 10.0 Å². The van der Waals surface area contributed by atoms with Crippen LogP contribution in [0.2, 0.25) is 0 Å². The second kappa shape index (κ2) is 4.96. The summed E-state index contributed by atoms with van der Waals surface area (Å²) in [6.45, 7) is 0.913. The van der Waals surface area contributed by atoms with E-state index in [1.807, 2.05) is 0 Å². The number of hydrogen-bond acceptors (Lipinski definition) is 4. The fourth-order valence-corrected chi connectivity index (χ4v) is 4.40. The number of sulfonamides is 1. The highest BCUT2D eigenvalue weighted by Gasteiger charge is 2.28. The Morgan fingerprint density at radius 3 is 2.37 bits per heavy atom. The Morgan fingerprint density at radius 1 is 1.16 bits per heavy atom. The molecule has 0 saturated heterocycles. The fourth-order valence-electron chi connectivity index (χ4n) is 2.06. The Kier molecular flexibility index (Phi) is 3.44. The fraction of sp³-hybridized carbons (Fsp3) is 0.500. The van der Waals surface area contributed by atoms with Gasteiger partial charge in [0.1, 0.15) is 18.1 Å². The monoisotopic (exact) mass is 347 g/mol. The number of benzene rings is 1. The largest absolute Gasteiger partial charge is 0.486 e. The van der Waals surface area contributed by atoms with Gasteiger partial charge in [-0.3, -0.25) is 0 Å². The average molecular weight is 348 g/mol. The average Bonchev–Trinajstić information content (AvgIpc) is 2.33. The first-order valence-electron chi connectivity index (χ1n) is 6.18. The molecule has 1 aliphatic carbocycles. The first kappa shape index (κ1) is 13.2. The second-order valence-corrected chi connectivity index (χ2v) is 7.21. The van der Waals surface area contributed by atoms with E-state index in [2.05, 4.69) is 20.7 Å². The zero-order valence-electron chi connectivity index (χ0n) is 10.2. The zero-order chi connectivity index (χ0) is 13.5. The zero-order valence-corrected chi connectivity index (χ0v) is 12.6. The summed E-state index contributed by atoms with van der Waals surface area (Å²) in [6.07, 6.45) is 2.89. The Labute approximate surface area is 120 Å². The molecule has 3 rings (SSSR count). The predicted molar refractivity (Wildman–Crippen MR) is 73.1 cm³/mol. The maximum atomic E-state index is 12.3. The Morgan fingerprint density at radius 2 is 1.79 bits per heavy atom. The lowest BCUT2D eigenvalue weighted by molar-refractivity contribution is 0.171. The van der Waals surface area contributed by atoms with Crippen molar-refractivity contribution in [2.24, 2.45) is 0 Å². The van der Waals surface area contributed by atoms with Crippen LogP contribution < -0.4 is 14.2 Å². The van der Waals surface area contributed by atoms with Gasteiger partial charge in [-0.05, 0) is 34.8 Å². The maximum Gasteiger partial charge on any atom is 0.242 e. The molecule has 1 aromatic carbocycles. The molecule has 0 aromatic heterocycles. The second-order valence-electron chi connectivity index (χ2n) is 4.68. The van der Waals surface area contributed by atoms with Crippen molar-refractivity contribution in [3.63, 3.8) is 0 Å². The lowest BCUT2D eigenvalue weighted by Crippen LogP contribution is -2.39. The minimum Gasteiger partial charge on any atom is -0.486 e. The first-order chi connectivity index (χ1) is 9.06. The molecule has 0 spiro atoms. The number of rotatable bonds is 3. The molecule has 0 radical (unpaired) electrons. The molecule has 0 amide bonds. The summed E-state index contributed by atoms with van der Waals surface area (Å²) < 4.78 is 38.6. The molecule has 1 saturated carbocycles. The van der Waals surface area contributed by atoms with Crippen LogP contribution in [0.3, 0.4) is 0 Å². The van der Waals surface area contributed by atoms with Gasteiger partial charge >= 0.3 is 0 Å². The van der Waals surface area contributed by atoms with E-state index in [-0.39, 0.29) is 10.9 Å². The molecule has 1 N–H and O–H groups in total. The molecule has 0 bridgehead atoms. The van der Waals surface area contributed by atoms with Gasteiger partial charge in [0.05, 0.1) is 0 Å². The van der Waals surface area contributed by atoms with Crippen molar-refractivity contribution >= 4 is 26.0 Å². The summed E-state index contributed by atoms with van der Waals surface area (Å²) in [7, 11) is -3.52. The van der Waals surface area contributed by atoms with Crippen molar-refractivity contribution < 1.29 is 17.9 Å².